The Morgan fingerprint density at radius 2 is 2.29 bits per heavy atom. The molecule has 0 saturated carbocycles. The minimum Gasteiger partial charge on any atom is -0.482 e. The second kappa shape index (κ2) is 4.62. The average Bonchev–Trinajstić information content (AvgIpc) is 2.16. The summed E-state index contributed by atoms with van der Waals surface area (Å²) in [5.41, 5.74) is 7.29. The van der Waals surface area contributed by atoms with Crippen molar-refractivity contribution in [2.24, 2.45) is 5.73 Å². The summed E-state index contributed by atoms with van der Waals surface area (Å²) in [6, 6.07) is 5.51. The second-order valence-corrected chi connectivity index (χ2v) is 2.99. The third-order valence-corrected chi connectivity index (χ3v) is 1.84. The van der Waals surface area contributed by atoms with Crippen molar-refractivity contribution in [3.8, 4) is 5.75 Å². The molecule has 0 unspecified atom stereocenters. The zero-order valence-corrected chi connectivity index (χ0v) is 7.99. The van der Waals surface area contributed by atoms with E-state index in [1.54, 1.807) is 6.07 Å². The maximum Gasteiger partial charge on any atom is 0.341 e. The molecule has 14 heavy (non-hydrogen) atoms. The Labute approximate surface area is 82.3 Å². The number of ether oxygens (including phenoxy) is 1. The molecule has 0 fully saturated rings. The van der Waals surface area contributed by atoms with Crippen molar-refractivity contribution >= 4 is 5.97 Å². The molecule has 0 atom stereocenters. The van der Waals surface area contributed by atoms with Gasteiger partial charge in [0.1, 0.15) is 5.75 Å². The van der Waals surface area contributed by atoms with Gasteiger partial charge in [0.05, 0.1) is 0 Å². The lowest BCUT2D eigenvalue weighted by Crippen LogP contribution is -2.10. The maximum atomic E-state index is 10.3. The predicted molar refractivity (Wildman–Crippen MR) is 52.2 cm³/mol. The van der Waals surface area contributed by atoms with Crippen LogP contribution in [-0.2, 0) is 11.3 Å². The standard InChI is InChI=1S/C10H13NO3/c1-7-2-3-8(5-11)4-9(7)14-6-10(12)13/h2-4H,5-6,11H2,1H3,(H,12,13). The van der Waals surface area contributed by atoms with Gasteiger partial charge < -0.3 is 15.6 Å². The number of rotatable bonds is 4. The number of hydrogen-bond acceptors (Lipinski definition) is 3. The van der Waals surface area contributed by atoms with Crippen LogP contribution in [0.5, 0.6) is 5.75 Å². The molecule has 0 aliphatic carbocycles. The number of benzene rings is 1. The summed E-state index contributed by atoms with van der Waals surface area (Å²) < 4.78 is 5.09. The molecule has 1 aromatic rings. The molecule has 0 aliphatic heterocycles. The van der Waals surface area contributed by atoms with Crippen LogP contribution in [0.25, 0.3) is 0 Å². The molecule has 0 bridgehead atoms. The van der Waals surface area contributed by atoms with Crippen molar-refractivity contribution in [2.45, 2.75) is 13.5 Å². The van der Waals surface area contributed by atoms with E-state index in [-0.39, 0.29) is 6.61 Å². The van der Waals surface area contributed by atoms with Gasteiger partial charge in [-0.3, -0.25) is 0 Å². The van der Waals surface area contributed by atoms with E-state index in [0.717, 1.165) is 11.1 Å². The number of carboxylic acid groups (broad SMARTS) is 1. The fourth-order valence-electron chi connectivity index (χ4n) is 1.07. The summed E-state index contributed by atoms with van der Waals surface area (Å²) in [5, 5.41) is 8.44. The Balaban J connectivity index is 2.78. The van der Waals surface area contributed by atoms with Crippen LogP contribution >= 0.6 is 0 Å². The minimum atomic E-state index is -0.984. The SMILES string of the molecule is Cc1ccc(CN)cc1OCC(=O)O. The van der Waals surface area contributed by atoms with Crippen molar-refractivity contribution in [1.29, 1.82) is 0 Å². The van der Waals surface area contributed by atoms with Gasteiger partial charge >= 0.3 is 5.97 Å². The van der Waals surface area contributed by atoms with Gasteiger partial charge in [0.15, 0.2) is 6.61 Å². The summed E-state index contributed by atoms with van der Waals surface area (Å²) in [7, 11) is 0. The fourth-order valence-corrected chi connectivity index (χ4v) is 1.07. The van der Waals surface area contributed by atoms with Crippen molar-refractivity contribution in [3.63, 3.8) is 0 Å². The van der Waals surface area contributed by atoms with E-state index >= 15 is 0 Å². The molecule has 0 spiro atoms. The van der Waals surface area contributed by atoms with E-state index in [1.165, 1.54) is 0 Å². The van der Waals surface area contributed by atoms with Crippen molar-refractivity contribution < 1.29 is 14.6 Å². The lowest BCUT2D eigenvalue weighted by atomic mass is 10.1. The fraction of sp³-hybridized carbons (Fsp3) is 0.300. The highest BCUT2D eigenvalue weighted by Gasteiger charge is 2.03. The first-order valence-electron chi connectivity index (χ1n) is 4.27. The Kier molecular flexibility index (Phi) is 3.48. The molecule has 0 aliphatic rings. The van der Waals surface area contributed by atoms with Crippen LogP contribution in [0.15, 0.2) is 18.2 Å². The van der Waals surface area contributed by atoms with E-state index in [2.05, 4.69) is 0 Å². The van der Waals surface area contributed by atoms with Gasteiger partial charge in [0.2, 0.25) is 0 Å². The monoisotopic (exact) mass is 195 g/mol. The van der Waals surface area contributed by atoms with Crippen LogP contribution in [0.1, 0.15) is 11.1 Å². The minimum absolute atomic E-state index is 0.325. The van der Waals surface area contributed by atoms with Crippen LogP contribution < -0.4 is 10.5 Å². The third-order valence-electron chi connectivity index (χ3n) is 1.84. The smallest absolute Gasteiger partial charge is 0.341 e. The zero-order valence-electron chi connectivity index (χ0n) is 7.99. The molecule has 0 amide bonds. The zero-order chi connectivity index (χ0) is 10.6. The largest absolute Gasteiger partial charge is 0.482 e. The first-order valence-corrected chi connectivity index (χ1v) is 4.27. The van der Waals surface area contributed by atoms with E-state index < -0.39 is 5.97 Å². The Morgan fingerprint density at radius 3 is 2.86 bits per heavy atom. The molecule has 0 saturated heterocycles. The molecule has 1 aromatic carbocycles. The molecule has 0 heterocycles. The quantitative estimate of drug-likeness (QED) is 0.749. The van der Waals surface area contributed by atoms with E-state index in [1.807, 2.05) is 19.1 Å². The highest BCUT2D eigenvalue weighted by atomic mass is 16.5. The highest BCUT2D eigenvalue weighted by molar-refractivity contribution is 5.68. The van der Waals surface area contributed by atoms with Gasteiger partial charge in [0, 0.05) is 6.54 Å². The molecule has 4 nitrogen and oxygen atoms in total. The van der Waals surface area contributed by atoms with E-state index in [9.17, 15) is 4.79 Å². The van der Waals surface area contributed by atoms with Gasteiger partial charge in [-0.15, -0.1) is 0 Å². The van der Waals surface area contributed by atoms with Crippen LogP contribution in [0.3, 0.4) is 0 Å². The van der Waals surface area contributed by atoms with Crippen LogP contribution in [0.4, 0.5) is 0 Å². The van der Waals surface area contributed by atoms with Gasteiger partial charge in [-0.1, -0.05) is 12.1 Å². The van der Waals surface area contributed by atoms with Gasteiger partial charge in [-0.2, -0.15) is 0 Å². The second-order valence-electron chi connectivity index (χ2n) is 2.99. The Bertz CT molecular complexity index is 336. The van der Waals surface area contributed by atoms with Gasteiger partial charge in [0.25, 0.3) is 0 Å². The lowest BCUT2D eigenvalue weighted by Gasteiger charge is -2.08. The van der Waals surface area contributed by atoms with Gasteiger partial charge in [-0.05, 0) is 24.1 Å². The van der Waals surface area contributed by atoms with Crippen molar-refractivity contribution in [2.75, 3.05) is 6.61 Å². The predicted octanol–water partition coefficient (Wildman–Crippen LogP) is 0.917. The maximum absolute atomic E-state index is 10.3. The Hall–Kier alpha value is -1.55. The summed E-state index contributed by atoms with van der Waals surface area (Å²) in [6.07, 6.45) is 0. The number of hydrogen-bond donors (Lipinski definition) is 2. The van der Waals surface area contributed by atoms with Crippen LogP contribution in [-0.4, -0.2) is 17.7 Å². The van der Waals surface area contributed by atoms with Crippen molar-refractivity contribution in [1.82, 2.24) is 0 Å². The first kappa shape index (κ1) is 10.5. The molecule has 4 heteroatoms. The van der Waals surface area contributed by atoms with Gasteiger partial charge in [-0.25, -0.2) is 4.79 Å². The Morgan fingerprint density at radius 1 is 1.57 bits per heavy atom. The average molecular weight is 195 g/mol. The highest BCUT2D eigenvalue weighted by Crippen LogP contribution is 2.19. The third kappa shape index (κ3) is 2.74. The van der Waals surface area contributed by atoms with Crippen LogP contribution in [0, 0.1) is 6.92 Å². The topological polar surface area (TPSA) is 72.5 Å². The molecular weight excluding hydrogens is 182 g/mol. The molecule has 3 N–H and O–H groups in total. The number of aryl methyl sites for hydroxylation is 1. The number of aliphatic carboxylic acids is 1. The number of nitrogens with two attached hydrogens (primary N) is 1. The lowest BCUT2D eigenvalue weighted by molar-refractivity contribution is -0.139. The first-order chi connectivity index (χ1) is 6.63. The van der Waals surface area contributed by atoms with E-state index in [4.69, 9.17) is 15.6 Å². The number of carbonyl (C=O) groups is 1. The molecule has 1 rings (SSSR count). The number of carboxylic acids is 1. The van der Waals surface area contributed by atoms with Crippen LogP contribution in [0.2, 0.25) is 0 Å². The molecule has 0 aromatic heterocycles. The normalized spacial score (nSPS) is 9.86. The summed E-state index contributed by atoms with van der Waals surface area (Å²) in [4.78, 5) is 10.3. The molecular formula is C10H13NO3. The summed E-state index contributed by atoms with van der Waals surface area (Å²) in [6.45, 7) is 1.95. The summed E-state index contributed by atoms with van der Waals surface area (Å²) in [5.74, 6) is -0.405. The van der Waals surface area contributed by atoms with Crippen molar-refractivity contribution in [3.05, 3.63) is 29.3 Å². The molecule has 0 radical (unpaired) electrons. The summed E-state index contributed by atoms with van der Waals surface area (Å²) >= 11 is 0. The van der Waals surface area contributed by atoms with E-state index in [0.29, 0.717) is 12.3 Å². The molecule has 76 valence electrons.